The number of amides is 1. The molecular formula is C11H16NNaO8. The van der Waals surface area contributed by atoms with Gasteiger partial charge in [0.15, 0.2) is 6.10 Å². The van der Waals surface area contributed by atoms with Crippen molar-refractivity contribution in [3.63, 3.8) is 0 Å². The Morgan fingerprint density at radius 1 is 1.48 bits per heavy atom. The van der Waals surface area contributed by atoms with E-state index in [4.69, 9.17) is 9.84 Å². The van der Waals surface area contributed by atoms with E-state index >= 15 is 0 Å². The number of aliphatic hydroxyl groups is 4. The van der Waals surface area contributed by atoms with Gasteiger partial charge in [0.05, 0.1) is 18.8 Å². The first kappa shape index (κ1) is 20.3. The fourth-order valence-electron chi connectivity index (χ4n) is 1.84. The molecule has 21 heavy (non-hydrogen) atoms. The Morgan fingerprint density at radius 3 is 2.48 bits per heavy atom. The molecule has 0 aromatic heterocycles. The molecule has 0 radical (unpaired) electrons. The number of aliphatic carboxylic acids is 1. The molecular weight excluding hydrogens is 297 g/mol. The zero-order valence-electron chi connectivity index (χ0n) is 11.6. The minimum absolute atomic E-state index is 0. The zero-order valence-corrected chi connectivity index (χ0v) is 13.6. The molecule has 0 aromatic rings. The smallest absolute Gasteiger partial charge is 0.542 e. The summed E-state index contributed by atoms with van der Waals surface area (Å²) < 4.78 is 4.92. The predicted octanol–water partition coefficient (Wildman–Crippen LogP) is -7.40. The van der Waals surface area contributed by atoms with Crippen LogP contribution in [0.2, 0.25) is 0 Å². The second-order valence-corrected chi connectivity index (χ2v) is 4.36. The average Bonchev–Trinajstić information content (AvgIpc) is 2.38. The molecule has 3 unspecified atom stereocenters. The number of carboxylic acid groups (broad SMARTS) is 1. The molecule has 1 rings (SSSR count). The standard InChI is InChI=1S/C11H17NO8.Na/c1-4(14)12-8-5(15)2-7(11(18)19)20-10(8)9(17)6(16)3-13;/h2,5-6,8-10,13,15-17H,3H2,1H3,(H,12,14)(H,18,19);/q;+1/p-1/t5?,6-,8?,9-,10?;/m1./s1. The Hall–Kier alpha value is -0.680. The maximum Gasteiger partial charge on any atom is 1.00 e. The van der Waals surface area contributed by atoms with Crippen LogP contribution in [0.4, 0.5) is 0 Å². The predicted molar refractivity (Wildman–Crippen MR) is 60.7 cm³/mol. The van der Waals surface area contributed by atoms with Gasteiger partial charge in [0.2, 0.25) is 5.91 Å². The normalized spacial score (nSPS) is 27.5. The minimum atomic E-state index is -1.73. The van der Waals surface area contributed by atoms with Crippen molar-refractivity contribution in [2.24, 2.45) is 0 Å². The van der Waals surface area contributed by atoms with Crippen LogP contribution >= 0.6 is 0 Å². The van der Waals surface area contributed by atoms with E-state index in [1.165, 1.54) is 0 Å². The number of aliphatic hydroxyl groups excluding tert-OH is 4. The van der Waals surface area contributed by atoms with E-state index in [-0.39, 0.29) is 29.6 Å². The third kappa shape index (κ3) is 5.22. The monoisotopic (exact) mass is 313 g/mol. The molecule has 5 N–H and O–H groups in total. The first-order valence-electron chi connectivity index (χ1n) is 5.80. The third-order valence-electron chi connectivity index (χ3n) is 2.80. The van der Waals surface area contributed by atoms with Gasteiger partial charge in [-0.2, -0.15) is 0 Å². The molecule has 10 heteroatoms. The number of carboxylic acids is 1. The summed E-state index contributed by atoms with van der Waals surface area (Å²) in [4.78, 5) is 21.8. The molecule has 0 saturated heterocycles. The van der Waals surface area contributed by atoms with Crippen molar-refractivity contribution in [1.29, 1.82) is 0 Å². The largest absolute Gasteiger partial charge is 1.00 e. The van der Waals surface area contributed by atoms with Crippen LogP contribution in [0.3, 0.4) is 0 Å². The summed E-state index contributed by atoms with van der Waals surface area (Å²) in [5.74, 6) is -3.01. The first-order valence-corrected chi connectivity index (χ1v) is 5.80. The molecule has 114 valence electrons. The number of carbonyl (C=O) groups is 2. The molecule has 1 heterocycles. The summed E-state index contributed by atoms with van der Waals surface area (Å²) in [5, 5.41) is 50.8. The van der Waals surface area contributed by atoms with Gasteiger partial charge in [0.1, 0.15) is 23.9 Å². The molecule has 0 spiro atoms. The maximum atomic E-state index is 11.1. The number of rotatable bonds is 5. The van der Waals surface area contributed by atoms with E-state index in [1.54, 1.807) is 0 Å². The topological polar surface area (TPSA) is 159 Å². The summed E-state index contributed by atoms with van der Waals surface area (Å²) in [7, 11) is 0. The van der Waals surface area contributed by atoms with Gasteiger partial charge >= 0.3 is 29.6 Å². The van der Waals surface area contributed by atoms with Crippen LogP contribution in [0.15, 0.2) is 11.8 Å². The molecule has 9 nitrogen and oxygen atoms in total. The van der Waals surface area contributed by atoms with Gasteiger partial charge in [0.25, 0.3) is 0 Å². The van der Waals surface area contributed by atoms with E-state index in [0.717, 1.165) is 13.0 Å². The molecule has 1 aliphatic heterocycles. The van der Waals surface area contributed by atoms with E-state index in [0.29, 0.717) is 0 Å². The number of hydrogen-bond donors (Lipinski definition) is 5. The van der Waals surface area contributed by atoms with Gasteiger partial charge in [0, 0.05) is 6.92 Å². The molecule has 0 aromatic carbocycles. The van der Waals surface area contributed by atoms with Crippen molar-refractivity contribution in [2.45, 2.75) is 37.4 Å². The maximum absolute atomic E-state index is 11.1. The van der Waals surface area contributed by atoms with Gasteiger partial charge in [-0.25, -0.2) is 0 Å². The molecule has 0 aliphatic carbocycles. The third-order valence-corrected chi connectivity index (χ3v) is 2.80. The fourth-order valence-corrected chi connectivity index (χ4v) is 1.84. The molecule has 0 fully saturated rings. The fraction of sp³-hybridized carbons (Fsp3) is 0.636. The summed E-state index contributed by atoms with van der Waals surface area (Å²) in [6.07, 6.45) is -5.48. The van der Waals surface area contributed by atoms with Crippen LogP contribution in [0.1, 0.15) is 6.92 Å². The van der Waals surface area contributed by atoms with Crippen LogP contribution in [0.5, 0.6) is 0 Å². The molecule has 1 aliphatic rings. The summed E-state index contributed by atoms with van der Waals surface area (Å²) in [6, 6.07) is -1.19. The van der Waals surface area contributed by atoms with Crippen molar-refractivity contribution in [1.82, 2.24) is 5.32 Å². The van der Waals surface area contributed by atoms with Crippen molar-refractivity contribution >= 4 is 11.9 Å². The van der Waals surface area contributed by atoms with E-state index in [2.05, 4.69) is 5.32 Å². The van der Waals surface area contributed by atoms with Crippen LogP contribution in [0, 0.1) is 0 Å². The van der Waals surface area contributed by atoms with Gasteiger partial charge in [-0.05, 0) is 6.08 Å². The number of nitrogens with one attached hydrogen (secondary N) is 1. The van der Waals surface area contributed by atoms with Crippen LogP contribution in [-0.2, 0) is 14.3 Å². The zero-order chi connectivity index (χ0) is 15.4. The van der Waals surface area contributed by atoms with Gasteiger partial charge < -0.3 is 40.4 Å². The van der Waals surface area contributed by atoms with Crippen molar-refractivity contribution in [2.75, 3.05) is 6.61 Å². The first-order chi connectivity index (χ1) is 9.27. The van der Waals surface area contributed by atoms with E-state index in [1.807, 2.05) is 0 Å². The van der Waals surface area contributed by atoms with Crippen LogP contribution in [-0.4, -0.2) is 69.4 Å². The number of carbonyl (C=O) groups excluding carboxylic acids is 2. The quantitative estimate of drug-likeness (QED) is 0.313. The SMILES string of the molecule is CC(=O)NC1C(O)C=C(C(=O)[O-])OC1[C@H](O)[C@H](O)CO.[Na+]. The summed E-state index contributed by atoms with van der Waals surface area (Å²) >= 11 is 0. The second-order valence-electron chi connectivity index (χ2n) is 4.36. The molecule has 0 saturated carbocycles. The minimum Gasteiger partial charge on any atom is -0.542 e. The average molecular weight is 313 g/mol. The van der Waals surface area contributed by atoms with Crippen molar-refractivity contribution in [3.8, 4) is 0 Å². The van der Waals surface area contributed by atoms with Gasteiger partial charge in [-0.1, -0.05) is 0 Å². The summed E-state index contributed by atoms with van der Waals surface area (Å²) in [6.45, 7) is 0.338. The molecule has 1 amide bonds. The Balaban J connectivity index is 0.00000400. The van der Waals surface area contributed by atoms with Crippen LogP contribution < -0.4 is 40.0 Å². The van der Waals surface area contributed by atoms with Crippen molar-refractivity contribution < 1.29 is 69.4 Å². The Kier molecular flexibility index (Phi) is 8.41. The number of hydrogen-bond acceptors (Lipinski definition) is 8. The van der Waals surface area contributed by atoms with Crippen LogP contribution in [0.25, 0.3) is 0 Å². The Bertz CT molecular complexity index is 415. The number of ether oxygens (including phenoxy) is 1. The molecule has 5 atom stereocenters. The van der Waals surface area contributed by atoms with Crippen molar-refractivity contribution in [3.05, 3.63) is 11.8 Å². The Labute approximate surface area is 142 Å². The summed E-state index contributed by atoms with van der Waals surface area (Å²) in [5.41, 5.74) is 0. The van der Waals surface area contributed by atoms with E-state index < -0.39 is 54.7 Å². The van der Waals surface area contributed by atoms with E-state index in [9.17, 15) is 30.0 Å². The second kappa shape index (κ2) is 8.69. The molecule has 0 bridgehead atoms. The van der Waals surface area contributed by atoms with Gasteiger partial charge in [-0.15, -0.1) is 0 Å². The van der Waals surface area contributed by atoms with Gasteiger partial charge in [-0.3, -0.25) is 4.79 Å². The Morgan fingerprint density at radius 2 is 2.05 bits per heavy atom.